The Balaban J connectivity index is 3.65. The van der Waals surface area contributed by atoms with Gasteiger partial charge in [0, 0.05) is 6.42 Å². The van der Waals surface area contributed by atoms with E-state index in [4.69, 9.17) is 10.3 Å². The maximum absolute atomic E-state index is 11.5. The zero-order valence-electron chi connectivity index (χ0n) is 8.47. The average Bonchev–Trinajstić information content (AvgIpc) is 2.19. The van der Waals surface area contributed by atoms with Crippen LogP contribution in [0, 0.1) is 0 Å². The Labute approximate surface area is 92.5 Å². The maximum atomic E-state index is 11.5. The van der Waals surface area contributed by atoms with E-state index in [1.54, 1.807) is 0 Å². The van der Waals surface area contributed by atoms with Crippen LogP contribution < -0.4 is 5.73 Å². The van der Waals surface area contributed by atoms with Crippen molar-refractivity contribution < 1.29 is 22.9 Å². The van der Waals surface area contributed by atoms with Gasteiger partial charge in [0.2, 0.25) is 0 Å². The van der Waals surface area contributed by atoms with Gasteiger partial charge in [-0.1, -0.05) is 6.92 Å². The summed E-state index contributed by atoms with van der Waals surface area (Å²) in [5, 5.41) is 9.28. The highest BCUT2D eigenvalue weighted by atomic mass is 32.2. The highest BCUT2D eigenvalue weighted by Crippen LogP contribution is 2.30. The van der Waals surface area contributed by atoms with E-state index in [0.717, 1.165) is 12.1 Å². The minimum Gasteiger partial charge on any atom is -0.506 e. The zero-order valence-corrected chi connectivity index (χ0v) is 9.28. The predicted octanol–water partition coefficient (Wildman–Crippen LogP) is 0.814. The molecule has 0 unspecified atom stereocenters. The van der Waals surface area contributed by atoms with Crippen LogP contribution in [0.15, 0.2) is 17.0 Å². The van der Waals surface area contributed by atoms with Crippen molar-refractivity contribution in [2.45, 2.75) is 18.2 Å². The number of phenols is 1. The Morgan fingerprint density at radius 3 is 2.44 bits per heavy atom. The monoisotopic (exact) mass is 245 g/mol. The smallest absolute Gasteiger partial charge is 0.295 e. The lowest BCUT2D eigenvalue weighted by Crippen LogP contribution is -2.11. The molecule has 1 aromatic carbocycles. The molecule has 88 valence electrons. The fraction of sp³-hybridized carbons (Fsp3) is 0.222. The summed E-state index contributed by atoms with van der Waals surface area (Å²) >= 11 is 0. The minimum absolute atomic E-state index is 0.0101. The summed E-state index contributed by atoms with van der Waals surface area (Å²) in [6.45, 7) is 1.51. The molecule has 0 aliphatic heterocycles. The minimum atomic E-state index is -4.54. The lowest BCUT2D eigenvalue weighted by molar-refractivity contribution is 0.0985. The number of hydrogen-bond donors (Lipinski definition) is 3. The van der Waals surface area contributed by atoms with Crippen molar-refractivity contribution in [2.24, 2.45) is 0 Å². The number of aromatic hydroxyl groups is 1. The third-order valence-corrected chi connectivity index (χ3v) is 2.96. The summed E-state index contributed by atoms with van der Waals surface area (Å²) in [7, 11) is -4.54. The van der Waals surface area contributed by atoms with Crippen LogP contribution >= 0.6 is 0 Å². The maximum Gasteiger partial charge on any atom is 0.295 e. The van der Waals surface area contributed by atoms with Crippen LogP contribution in [0.25, 0.3) is 0 Å². The number of nitrogens with two attached hydrogens (primary N) is 1. The van der Waals surface area contributed by atoms with Crippen molar-refractivity contribution in [3.8, 4) is 5.75 Å². The molecule has 0 bridgehead atoms. The molecule has 6 nitrogen and oxygen atoms in total. The van der Waals surface area contributed by atoms with Gasteiger partial charge in [0.05, 0.1) is 11.3 Å². The molecule has 0 atom stereocenters. The summed E-state index contributed by atoms with van der Waals surface area (Å²) in [5.41, 5.74) is 4.69. The van der Waals surface area contributed by atoms with Crippen LogP contribution in [0.4, 0.5) is 5.69 Å². The number of hydrogen-bond acceptors (Lipinski definition) is 5. The molecule has 4 N–H and O–H groups in total. The summed E-state index contributed by atoms with van der Waals surface area (Å²) < 4.78 is 30.9. The lowest BCUT2D eigenvalue weighted by Gasteiger charge is -2.09. The van der Waals surface area contributed by atoms with Crippen molar-refractivity contribution in [1.29, 1.82) is 0 Å². The van der Waals surface area contributed by atoms with Gasteiger partial charge in [-0.05, 0) is 12.1 Å². The first-order valence-corrected chi connectivity index (χ1v) is 5.85. The number of ketones is 1. The number of carbonyl (C=O) groups excluding carboxylic acids is 1. The molecule has 0 aliphatic rings. The van der Waals surface area contributed by atoms with Gasteiger partial charge in [-0.25, -0.2) is 0 Å². The number of Topliss-reactive ketones (excluding diaryl/α,β-unsaturated/α-hetero) is 1. The number of anilines is 1. The Kier molecular flexibility index (Phi) is 3.20. The van der Waals surface area contributed by atoms with E-state index in [-0.39, 0.29) is 17.7 Å². The average molecular weight is 245 g/mol. The van der Waals surface area contributed by atoms with Gasteiger partial charge in [0.1, 0.15) is 10.6 Å². The van der Waals surface area contributed by atoms with Crippen molar-refractivity contribution >= 4 is 21.6 Å². The van der Waals surface area contributed by atoms with E-state index >= 15 is 0 Å². The number of nitrogen functional groups attached to an aromatic ring is 1. The molecule has 0 saturated heterocycles. The first-order chi connectivity index (χ1) is 7.29. The van der Waals surface area contributed by atoms with E-state index in [1.807, 2.05) is 0 Å². The highest BCUT2D eigenvalue weighted by molar-refractivity contribution is 7.86. The van der Waals surface area contributed by atoms with Crippen molar-refractivity contribution in [3.05, 3.63) is 17.7 Å². The molecular weight excluding hydrogens is 234 g/mol. The molecule has 0 spiro atoms. The van der Waals surface area contributed by atoms with Crippen LogP contribution in [0.1, 0.15) is 23.7 Å². The Morgan fingerprint density at radius 2 is 2.00 bits per heavy atom. The quantitative estimate of drug-likeness (QED) is 0.314. The van der Waals surface area contributed by atoms with Crippen LogP contribution in [0.2, 0.25) is 0 Å². The molecular formula is C9H11NO5S. The fourth-order valence-corrected chi connectivity index (χ4v) is 1.99. The standard InChI is InChI=1S/C9H11NO5S/c1-2-5(11)8-7(16(13,14)15)4-3-6(12)9(8)10/h3-4,12H,2,10H2,1H3,(H,13,14,15). The molecule has 0 aliphatic carbocycles. The molecule has 1 rings (SSSR count). The molecule has 0 aromatic heterocycles. The summed E-state index contributed by atoms with van der Waals surface area (Å²) in [5.74, 6) is -0.967. The largest absolute Gasteiger partial charge is 0.506 e. The van der Waals surface area contributed by atoms with Crippen molar-refractivity contribution in [2.75, 3.05) is 5.73 Å². The van der Waals surface area contributed by atoms with Crippen molar-refractivity contribution in [3.63, 3.8) is 0 Å². The first kappa shape index (κ1) is 12.5. The third-order valence-electron chi connectivity index (χ3n) is 2.06. The van der Waals surface area contributed by atoms with Gasteiger partial charge >= 0.3 is 0 Å². The summed E-state index contributed by atoms with van der Waals surface area (Å²) in [4.78, 5) is 10.9. The second-order valence-corrected chi connectivity index (χ2v) is 4.51. The van der Waals surface area contributed by atoms with Gasteiger partial charge in [-0.2, -0.15) is 8.42 Å². The Bertz CT molecular complexity index is 535. The summed E-state index contributed by atoms with van der Waals surface area (Å²) in [6, 6.07) is 1.94. The number of carbonyl (C=O) groups is 1. The second kappa shape index (κ2) is 4.11. The normalized spacial score (nSPS) is 11.4. The van der Waals surface area contributed by atoms with Crippen molar-refractivity contribution in [1.82, 2.24) is 0 Å². The van der Waals surface area contributed by atoms with E-state index in [9.17, 15) is 18.3 Å². The topological polar surface area (TPSA) is 118 Å². The number of benzene rings is 1. The molecule has 16 heavy (non-hydrogen) atoms. The first-order valence-electron chi connectivity index (χ1n) is 4.41. The van der Waals surface area contributed by atoms with Gasteiger partial charge in [-0.15, -0.1) is 0 Å². The van der Waals surface area contributed by atoms with Gasteiger partial charge in [0.25, 0.3) is 10.1 Å². The number of rotatable bonds is 3. The molecule has 0 fully saturated rings. The molecule has 0 amide bonds. The van der Waals surface area contributed by atoms with E-state index in [2.05, 4.69) is 0 Å². The molecule has 7 heteroatoms. The predicted molar refractivity (Wildman–Crippen MR) is 57.0 cm³/mol. The van der Waals surface area contributed by atoms with Gasteiger partial charge in [0.15, 0.2) is 5.78 Å². The fourth-order valence-electron chi connectivity index (χ4n) is 1.27. The van der Waals surface area contributed by atoms with Crippen LogP contribution in [0.5, 0.6) is 5.75 Å². The molecule has 0 saturated carbocycles. The number of phenolic OH excluding ortho intramolecular Hbond substituents is 1. The second-order valence-electron chi connectivity index (χ2n) is 3.12. The van der Waals surface area contributed by atoms with Crippen LogP contribution in [0.3, 0.4) is 0 Å². The molecule has 0 heterocycles. The van der Waals surface area contributed by atoms with E-state index < -0.39 is 26.5 Å². The van der Waals surface area contributed by atoms with E-state index in [1.165, 1.54) is 6.92 Å². The van der Waals surface area contributed by atoms with Crippen LogP contribution in [-0.2, 0) is 10.1 Å². The van der Waals surface area contributed by atoms with Crippen LogP contribution in [-0.4, -0.2) is 23.9 Å². The van der Waals surface area contributed by atoms with Gasteiger partial charge < -0.3 is 10.8 Å². The highest BCUT2D eigenvalue weighted by Gasteiger charge is 2.23. The SMILES string of the molecule is CCC(=O)c1c(S(=O)(=O)O)ccc(O)c1N. The third kappa shape index (κ3) is 2.15. The van der Waals surface area contributed by atoms with E-state index in [0.29, 0.717) is 0 Å². The Morgan fingerprint density at radius 1 is 1.44 bits per heavy atom. The lowest BCUT2D eigenvalue weighted by atomic mass is 10.1. The molecule has 0 radical (unpaired) electrons. The Hall–Kier alpha value is -1.60. The zero-order chi connectivity index (χ0) is 12.5. The molecule has 1 aromatic rings. The summed E-state index contributed by atoms with van der Waals surface area (Å²) in [6.07, 6.45) is 0.0101. The van der Waals surface area contributed by atoms with Gasteiger partial charge in [-0.3, -0.25) is 9.35 Å².